The second-order valence-corrected chi connectivity index (χ2v) is 5.65. The van der Waals surface area contributed by atoms with Crippen LogP contribution in [0.4, 0.5) is 5.69 Å². The molecule has 2 N–H and O–H groups in total. The van der Waals surface area contributed by atoms with E-state index < -0.39 is 0 Å². The molecule has 0 amide bonds. The molecule has 0 aliphatic carbocycles. The van der Waals surface area contributed by atoms with Crippen molar-refractivity contribution in [3.8, 4) is 5.75 Å². The van der Waals surface area contributed by atoms with Crippen LogP contribution in [0.2, 0.25) is 0 Å². The third-order valence-electron chi connectivity index (χ3n) is 3.92. The van der Waals surface area contributed by atoms with Crippen LogP contribution in [0, 0.1) is 0 Å². The number of piperazine rings is 1. The third-order valence-corrected chi connectivity index (χ3v) is 3.92. The molecule has 0 saturated carbocycles. The van der Waals surface area contributed by atoms with E-state index in [1.807, 2.05) is 6.07 Å². The highest BCUT2D eigenvalue weighted by Crippen LogP contribution is 2.22. The van der Waals surface area contributed by atoms with Gasteiger partial charge in [-0.15, -0.1) is 0 Å². The van der Waals surface area contributed by atoms with Gasteiger partial charge in [0.25, 0.3) is 0 Å². The van der Waals surface area contributed by atoms with Crippen molar-refractivity contribution < 1.29 is 4.74 Å². The molecule has 1 aromatic carbocycles. The summed E-state index contributed by atoms with van der Waals surface area (Å²) in [5.74, 6) is 0.932. The Morgan fingerprint density at radius 2 is 2.00 bits per heavy atom. The molecule has 1 aliphatic rings. The molecule has 0 radical (unpaired) electrons. The summed E-state index contributed by atoms with van der Waals surface area (Å²) in [5.41, 5.74) is 7.06. The van der Waals surface area contributed by atoms with Gasteiger partial charge in [-0.3, -0.25) is 4.90 Å². The van der Waals surface area contributed by atoms with E-state index in [4.69, 9.17) is 10.5 Å². The van der Waals surface area contributed by atoms with Gasteiger partial charge in [-0.1, -0.05) is 6.07 Å². The van der Waals surface area contributed by atoms with Crippen molar-refractivity contribution in [2.45, 2.75) is 25.8 Å². The Morgan fingerprint density at radius 3 is 2.65 bits per heavy atom. The first-order valence-corrected chi connectivity index (χ1v) is 7.56. The fraction of sp³-hybridized carbons (Fsp3) is 0.625. The lowest BCUT2D eigenvalue weighted by Gasteiger charge is -2.36. The molecule has 112 valence electrons. The zero-order valence-electron chi connectivity index (χ0n) is 12.7. The summed E-state index contributed by atoms with van der Waals surface area (Å²) < 4.78 is 5.29. The standard InChI is InChI=1S/C16H27N3O/c1-14(17)5-4-8-18-9-11-19(12-10-18)15-6-3-7-16(13-15)20-2/h3,6-7,13-14H,4-5,8-12,17H2,1-2H3. The van der Waals surface area contributed by atoms with Gasteiger partial charge in [0, 0.05) is 44.0 Å². The van der Waals surface area contributed by atoms with Crippen molar-refractivity contribution >= 4 is 5.69 Å². The van der Waals surface area contributed by atoms with Gasteiger partial charge < -0.3 is 15.4 Å². The first kappa shape index (κ1) is 15.1. The second-order valence-electron chi connectivity index (χ2n) is 5.65. The maximum Gasteiger partial charge on any atom is 0.120 e. The summed E-state index contributed by atoms with van der Waals surface area (Å²) in [4.78, 5) is 4.98. The number of benzene rings is 1. The number of hydrogen-bond donors (Lipinski definition) is 1. The molecule has 1 heterocycles. The van der Waals surface area contributed by atoms with E-state index in [2.05, 4.69) is 34.9 Å². The Hall–Kier alpha value is -1.26. The van der Waals surface area contributed by atoms with Crippen molar-refractivity contribution in [2.75, 3.05) is 44.7 Å². The highest BCUT2D eigenvalue weighted by molar-refractivity contribution is 5.51. The van der Waals surface area contributed by atoms with Crippen molar-refractivity contribution in [1.82, 2.24) is 4.90 Å². The summed E-state index contributed by atoms with van der Waals surface area (Å²) >= 11 is 0. The quantitative estimate of drug-likeness (QED) is 0.863. The van der Waals surface area contributed by atoms with Crippen LogP contribution in [0.15, 0.2) is 24.3 Å². The summed E-state index contributed by atoms with van der Waals surface area (Å²) in [6, 6.07) is 8.66. The van der Waals surface area contributed by atoms with Gasteiger partial charge in [0.1, 0.15) is 5.75 Å². The molecule has 1 fully saturated rings. The van der Waals surface area contributed by atoms with E-state index in [0.29, 0.717) is 6.04 Å². The normalized spacial score (nSPS) is 18.1. The largest absolute Gasteiger partial charge is 0.497 e. The zero-order valence-corrected chi connectivity index (χ0v) is 12.7. The second kappa shape index (κ2) is 7.50. The zero-order chi connectivity index (χ0) is 14.4. The highest BCUT2D eigenvalue weighted by atomic mass is 16.5. The number of ether oxygens (including phenoxy) is 1. The topological polar surface area (TPSA) is 41.7 Å². The van der Waals surface area contributed by atoms with Gasteiger partial charge in [0.15, 0.2) is 0 Å². The molecule has 1 unspecified atom stereocenters. The number of nitrogens with zero attached hydrogens (tertiary/aromatic N) is 2. The number of nitrogens with two attached hydrogens (primary N) is 1. The maximum absolute atomic E-state index is 5.79. The molecular formula is C16H27N3O. The lowest BCUT2D eigenvalue weighted by molar-refractivity contribution is 0.251. The molecular weight excluding hydrogens is 250 g/mol. The Kier molecular flexibility index (Phi) is 5.68. The van der Waals surface area contributed by atoms with Gasteiger partial charge in [-0.05, 0) is 38.4 Å². The van der Waals surface area contributed by atoms with Crippen LogP contribution >= 0.6 is 0 Å². The van der Waals surface area contributed by atoms with Gasteiger partial charge >= 0.3 is 0 Å². The number of hydrogen-bond acceptors (Lipinski definition) is 4. The minimum absolute atomic E-state index is 0.327. The van der Waals surface area contributed by atoms with Crippen molar-refractivity contribution in [1.29, 1.82) is 0 Å². The Morgan fingerprint density at radius 1 is 1.25 bits per heavy atom. The maximum atomic E-state index is 5.79. The molecule has 0 aromatic heterocycles. The van der Waals surface area contributed by atoms with E-state index >= 15 is 0 Å². The first-order valence-electron chi connectivity index (χ1n) is 7.56. The summed E-state index contributed by atoms with van der Waals surface area (Å²) in [6.07, 6.45) is 2.33. The lowest BCUT2D eigenvalue weighted by atomic mass is 10.2. The van der Waals surface area contributed by atoms with Crippen LogP contribution in [0.5, 0.6) is 5.75 Å². The molecule has 0 bridgehead atoms. The van der Waals surface area contributed by atoms with Crippen molar-refractivity contribution in [2.24, 2.45) is 5.73 Å². The van der Waals surface area contributed by atoms with E-state index in [-0.39, 0.29) is 0 Å². The number of methoxy groups -OCH3 is 1. The summed E-state index contributed by atoms with van der Waals surface area (Å²) in [5, 5.41) is 0. The average molecular weight is 277 g/mol. The fourth-order valence-electron chi connectivity index (χ4n) is 2.67. The molecule has 4 heteroatoms. The molecule has 0 spiro atoms. The van der Waals surface area contributed by atoms with Gasteiger partial charge in [-0.2, -0.15) is 0 Å². The lowest BCUT2D eigenvalue weighted by Crippen LogP contribution is -2.46. The van der Waals surface area contributed by atoms with Crippen LogP contribution in [0.1, 0.15) is 19.8 Å². The predicted octanol–water partition coefficient (Wildman–Crippen LogP) is 1.94. The van der Waals surface area contributed by atoms with Gasteiger partial charge in [-0.25, -0.2) is 0 Å². The molecule has 2 rings (SSSR count). The molecule has 4 nitrogen and oxygen atoms in total. The van der Waals surface area contributed by atoms with Gasteiger partial charge in [0.05, 0.1) is 7.11 Å². The highest BCUT2D eigenvalue weighted by Gasteiger charge is 2.17. The van der Waals surface area contributed by atoms with Crippen LogP contribution < -0.4 is 15.4 Å². The summed E-state index contributed by atoms with van der Waals surface area (Å²) in [6.45, 7) is 7.71. The van der Waals surface area contributed by atoms with E-state index in [1.165, 1.54) is 18.7 Å². The predicted molar refractivity (Wildman–Crippen MR) is 84.5 cm³/mol. The van der Waals surface area contributed by atoms with E-state index in [1.54, 1.807) is 7.11 Å². The molecule has 20 heavy (non-hydrogen) atoms. The number of rotatable bonds is 6. The minimum atomic E-state index is 0.327. The van der Waals surface area contributed by atoms with Crippen molar-refractivity contribution in [3.05, 3.63) is 24.3 Å². The average Bonchev–Trinajstić information content (AvgIpc) is 2.48. The van der Waals surface area contributed by atoms with Crippen LogP contribution in [0.3, 0.4) is 0 Å². The molecule has 1 aromatic rings. The smallest absolute Gasteiger partial charge is 0.120 e. The number of anilines is 1. The van der Waals surface area contributed by atoms with E-state index in [0.717, 1.165) is 38.3 Å². The van der Waals surface area contributed by atoms with Crippen LogP contribution in [-0.2, 0) is 0 Å². The van der Waals surface area contributed by atoms with Gasteiger partial charge in [0.2, 0.25) is 0 Å². The summed E-state index contributed by atoms with van der Waals surface area (Å²) in [7, 11) is 1.72. The SMILES string of the molecule is COc1cccc(N2CCN(CCCC(C)N)CC2)c1. The minimum Gasteiger partial charge on any atom is -0.497 e. The molecule has 1 aliphatic heterocycles. The molecule has 1 saturated heterocycles. The fourth-order valence-corrected chi connectivity index (χ4v) is 2.67. The Bertz CT molecular complexity index is 400. The Labute approximate surface area is 122 Å². The van der Waals surface area contributed by atoms with Crippen LogP contribution in [-0.4, -0.2) is 50.8 Å². The third kappa shape index (κ3) is 4.39. The monoisotopic (exact) mass is 277 g/mol. The van der Waals surface area contributed by atoms with Crippen LogP contribution in [0.25, 0.3) is 0 Å². The molecule has 1 atom stereocenters. The van der Waals surface area contributed by atoms with E-state index in [9.17, 15) is 0 Å². The Balaban J connectivity index is 1.78. The van der Waals surface area contributed by atoms with Crippen molar-refractivity contribution in [3.63, 3.8) is 0 Å². The first-order chi connectivity index (χ1) is 9.69.